The van der Waals surface area contributed by atoms with E-state index in [1.54, 1.807) is 30.3 Å². The molecule has 0 bridgehead atoms. The second kappa shape index (κ2) is 5.39. The zero-order valence-electron chi connectivity index (χ0n) is 11.2. The fourth-order valence-electron chi connectivity index (χ4n) is 2.02. The smallest absolute Gasteiger partial charge is 0.230 e. The predicted molar refractivity (Wildman–Crippen MR) is 80.5 cm³/mol. The van der Waals surface area contributed by atoms with Crippen molar-refractivity contribution in [2.45, 2.75) is 6.92 Å². The van der Waals surface area contributed by atoms with E-state index in [9.17, 15) is 0 Å². The number of hydrogen-bond acceptors (Lipinski definition) is 4. The number of nitriles is 1. The summed E-state index contributed by atoms with van der Waals surface area (Å²) in [5.41, 5.74) is 2.19. The largest absolute Gasteiger partial charge is 0.438 e. The van der Waals surface area contributed by atoms with Crippen molar-refractivity contribution in [2.24, 2.45) is 0 Å². The lowest BCUT2D eigenvalue weighted by Crippen LogP contribution is -1.93. The molecule has 1 aromatic heterocycles. The van der Waals surface area contributed by atoms with Crippen LogP contribution in [0.2, 0.25) is 5.02 Å². The van der Waals surface area contributed by atoms with Crippen LogP contribution in [0, 0.1) is 18.3 Å². The van der Waals surface area contributed by atoms with Gasteiger partial charge < -0.3 is 4.74 Å². The van der Waals surface area contributed by atoms with Gasteiger partial charge in [-0.25, -0.2) is 9.97 Å². The van der Waals surface area contributed by atoms with Crippen LogP contribution in [0.1, 0.15) is 11.1 Å². The van der Waals surface area contributed by atoms with Crippen LogP contribution in [-0.4, -0.2) is 9.97 Å². The SMILES string of the molecule is Cc1cc(C#N)ccc1Oc1ncnc2cc(Cl)ccc12. The first-order valence-electron chi connectivity index (χ1n) is 6.26. The first kappa shape index (κ1) is 13.3. The van der Waals surface area contributed by atoms with E-state index >= 15 is 0 Å². The van der Waals surface area contributed by atoms with Crippen LogP contribution < -0.4 is 4.74 Å². The van der Waals surface area contributed by atoms with Gasteiger partial charge in [-0.2, -0.15) is 5.26 Å². The summed E-state index contributed by atoms with van der Waals surface area (Å²) >= 11 is 5.96. The molecular formula is C16H10ClN3O. The molecule has 3 aromatic rings. The molecule has 0 fully saturated rings. The first-order chi connectivity index (χ1) is 10.2. The summed E-state index contributed by atoms with van der Waals surface area (Å²) < 4.78 is 5.86. The van der Waals surface area contributed by atoms with Crippen LogP contribution in [0.25, 0.3) is 10.9 Å². The lowest BCUT2D eigenvalue weighted by Gasteiger charge is -2.09. The Labute approximate surface area is 126 Å². The third kappa shape index (κ3) is 2.64. The summed E-state index contributed by atoms with van der Waals surface area (Å²) in [6.07, 6.45) is 1.44. The number of halogens is 1. The third-order valence-corrected chi connectivity index (χ3v) is 3.31. The van der Waals surface area contributed by atoms with Crippen molar-refractivity contribution in [3.63, 3.8) is 0 Å². The van der Waals surface area contributed by atoms with Gasteiger partial charge in [-0.1, -0.05) is 11.6 Å². The molecule has 0 saturated heterocycles. The van der Waals surface area contributed by atoms with Crippen LogP contribution in [0.3, 0.4) is 0 Å². The third-order valence-electron chi connectivity index (χ3n) is 3.07. The van der Waals surface area contributed by atoms with Gasteiger partial charge in [0.05, 0.1) is 22.5 Å². The molecule has 0 unspecified atom stereocenters. The molecule has 102 valence electrons. The van der Waals surface area contributed by atoms with Crippen molar-refractivity contribution < 1.29 is 4.74 Å². The van der Waals surface area contributed by atoms with Crippen molar-refractivity contribution in [1.29, 1.82) is 5.26 Å². The quantitative estimate of drug-likeness (QED) is 0.709. The highest BCUT2D eigenvalue weighted by Gasteiger charge is 2.08. The second-order valence-corrected chi connectivity index (χ2v) is 4.97. The Bertz CT molecular complexity index is 871. The standard InChI is InChI=1S/C16H10ClN3O/c1-10-6-11(8-18)2-5-15(10)21-16-13-4-3-12(17)7-14(13)19-9-20-16/h2-7,9H,1H3. The molecule has 5 heteroatoms. The van der Waals surface area contributed by atoms with Crippen molar-refractivity contribution in [3.8, 4) is 17.7 Å². The fourth-order valence-corrected chi connectivity index (χ4v) is 2.19. The predicted octanol–water partition coefficient (Wildman–Crippen LogP) is 4.26. The Kier molecular flexibility index (Phi) is 3.43. The van der Waals surface area contributed by atoms with Gasteiger partial charge in [-0.3, -0.25) is 0 Å². The second-order valence-electron chi connectivity index (χ2n) is 4.53. The van der Waals surface area contributed by atoms with Gasteiger partial charge in [-0.05, 0) is 48.9 Å². The first-order valence-corrected chi connectivity index (χ1v) is 6.64. The summed E-state index contributed by atoms with van der Waals surface area (Å²) in [6, 6.07) is 12.7. The van der Waals surface area contributed by atoms with E-state index < -0.39 is 0 Å². The maximum Gasteiger partial charge on any atom is 0.230 e. The Hall–Kier alpha value is -2.64. The van der Waals surface area contributed by atoms with Gasteiger partial charge in [0, 0.05) is 5.02 Å². The average molecular weight is 296 g/mol. The van der Waals surface area contributed by atoms with Crippen LogP contribution >= 0.6 is 11.6 Å². The van der Waals surface area contributed by atoms with Crippen molar-refractivity contribution in [3.05, 3.63) is 58.9 Å². The molecular weight excluding hydrogens is 286 g/mol. The molecule has 0 saturated carbocycles. The number of aromatic nitrogens is 2. The molecule has 3 rings (SSSR count). The summed E-state index contributed by atoms with van der Waals surface area (Å²) in [5, 5.41) is 10.3. The number of rotatable bonds is 2. The lowest BCUT2D eigenvalue weighted by molar-refractivity contribution is 0.464. The normalized spacial score (nSPS) is 10.3. The molecule has 4 nitrogen and oxygen atoms in total. The van der Waals surface area contributed by atoms with Gasteiger partial charge in [0.25, 0.3) is 0 Å². The number of hydrogen-bond donors (Lipinski definition) is 0. The van der Waals surface area contributed by atoms with Gasteiger partial charge in [0.1, 0.15) is 12.1 Å². The average Bonchev–Trinajstić information content (AvgIpc) is 2.49. The molecule has 0 aliphatic carbocycles. The fraction of sp³-hybridized carbons (Fsp3) is 0.0625. The molecule has 0 amide bonds. The Morgan fingerprint density at radius 1 is 1.14 bits per heavy atom. The maximum absolute atomic E-state index is 8.89. The van der Waals surface area contributed by atoms with Crippen molar-refractivity contribution >= 4 is 22.5 Å². The highest BCUT2D eigenvalue weighted by atomic mass is 35.5. The van der Waals surface area contributed by atoms with Crippen LogP contribution in [0.5, 0.6) is 11.6 Å². The zero-order valence-corrected chi connectivity index (χ0v) is 11.9. The molecule has 0 spiro atoms. The van der Waals surface area contributed by atoms with Gasteiger partial charge in [0.2, 0.25) is 5.88 Å². The van der Waals surface area contributed by atoms with Gasteiger partial charge >= 0.3 is 0 Å². The Morgan fingerprint density at radius 2 is 2.00 bits per heavy atom. The number of ether oxygens (including phenoxy) is 1. The van der Waals surface area contributed by atoms with Crippen LogP contribution in [0.4, 0.5) is 0 Å². The van der Waals surface area contributed by atoms with E-state index in [1.165, 1.54) is 6.33 Å². The highest BCUT2D eigenvalue weighted by Crippen LogP contribution is 2.30. The summed E-state index contributed by atoms with van der Waals surface area (Å²) in [6.45, 7) is 1.89. The maximum atomic E-state index is 8.89. The van der Waals surface area contributed by atoms with Gasteiger partial charge in [-0.15, -0.1) is 0 Å². The number of fused-ring (bicyclic) bond motifs is 1. The van der Waals surface area contributed by atoms with Crippen LogP contribution in [-0.2, 0) is 0 Å². The Morgan fingerprint density at radius 3 is 2.76 bits per heavy atom. The molecule has 0 radical (unpaired) electrons. The van der Waals surface area contributed by atoms with E-state index in [4.69, 9.17) is 21.6 Å². The van der Waals surface area contributed by atoms with Gasteiger partial charge in [0.15, 0.2) is 0 Å². The zero-order chi connectivity index (χ0) is 14.8. The summed E-state index contributed by atoms with van der Waals surface area (Å²) in [5.74, 6) is 1.12. The molecule has 1 heterocycles. The number of benzene rings is 2. The molecule has 2 aromatic carbocycles. The van der Waals surface area contributed by atoms with E-state index in [0.717, 1.165) is 16.5 Å². The van der Waals surface area contributed by atoms with E-state index in [1.807, 2.05) is 13.0 Å². The molecule has 21 heavy (non-hydrogen) atoms. The topological polar surface area (TPSA) is 58.8 Å². The lowest BCUT2D eigenvalue weighted by atomic mass is 10.1. The summed E-state index contributed by atoms with van der Waals surface area (Å²) in [4.78, 5) is 8.35. The van der Waals surface area contributed by atoms with E-state index in [-0.39, 0.29) is 0 Å². The number of nitrogens with zero attached hydrogens (tertiary/aromatic N) is 3. The minimum Gasteiger partial charge on any atom is -0.438 e. The highest BCUT2D eigenvalue weighted by molar-refractivity contribution is 6.31. The van der Waals surface area contributed by atoms with Crippen LogP contribution in [0.15, 0.2) is 42.7 Å². The molecule has 0 atom stereocenters. The van der Waals surface area contributed by atoms with Crippen molar-refractivity contribution in [2.75, 3.05) is 0 Å². The Balaban J connectivity index is 2.04. The minimum absolute atomic E-state index is 0.462. The summed E-state index contributed by atoms with van der Waals surface area (Å²) in [7, 11) is 0. The minimum atomic E-state index is 0.462. The number of aryl methyl sites for hydroxylation is 1. The van der Waals surface area contributed by atoms with Crippen molar-refractivity contribution in [1.82, 2.24) is 9.97 Å². The van der Waals surface area contributed by atoms with E-state index in [0.29, 0.717) is 22.2 Å². The molecule has 0 aliphatic heterocycles. The monoisotopic (exact) mass is 295 g/mol. The molecule has 0 aliphatic rings. The van der Waals surface area contributed by atoms with E-state index in [2.05, 4.69) is 16.0 Å². The molecule has 0 N–H and O–H groups in total.